The molecular formula is C13H15NO2. The van der Waals surface area contributed by atoms with Crippen LogP contribution >= 0.6 is 0 Å². The monoisotopic (exact) mass is 217 g/mol. The van der Waals surface area contributed by atoms with Crippen LogP contribution in [0.1, 0.15) is 24.3 Å². The molecule has 1 heterocycles. The summed E-state index contributed by atoms with van der Waals surface area (Å²) < 4.78 is 5.23. The summed E-state index contributed by atoms with van der Waals surface area (Å²) in [6, 6.07) is 11.7. The van der Waals surface area contributed by atoms with Crippen LogP contribution in [0.3, 0.4) is 0 Å². The summed E-state index contributed by atoms with van der Waals surface area (Å²) in [5.41, 5.74) is -0.0525. The van der Waals surface area contributed by atoms with Crippen molar-refractivity contribution in [1.82, 2.24) is 0 Å². The zero-order chi connectivity index (χ0) is 11.4. The molecule has 1 fully saturated rings. The number of ether oxygens (including phenoxy) is 1. The van der Waals surface area contributed by atoms with E-state index >= 15 is 0 Å². The van der Waals surface area contributed by atoms with Crippen LogP contribution in [0, 0.1) is 11.3 Å². The van der Waals surface area contributed by atoms with Crippen molar-refractivity contribution in [2.75, 3.05) is 13.2 Å². The second-order valence-electron chi connectivity index (χ2n) is 4.19. The average molecular weight is 217 g/mol. The molecule has 1 aromatic carbocycles. The molecule has 0 aromatic heterocycles. The lowest BCUT2D eigenvalue weighted by Crippen LogP contribution is -2.41. The summed E-state index contributed by atoms with van der Waals surface area (Å²) in [6.07, 6.45) is 1.06. The predicted molar refractivity (Wildman–Crippen MR) is 59.8 cm³/mol. The summed E-state index contributed by atoms with van der Waals surface area (Å²) in [7, 11) is 0. The van der Waals surface area contributed by atoms with Crippen LogP contribution < -0.4 is 0 Å². The second kappa shape index (κ2) is 4.65. The van der Waals surface area contributed by atoms with Crippen LogP contribution in [0.25, 0.3) is 0 Å². The molecule has 0 saturated carbocycles. The van der Waals surface area contributed by atoms with Crippen molar-refractivity contribution in [3.63, 3.8) is 0 Å². The molecule has 1 aliphatic rings. The van der Waals surface area contributed by atoms with Crippen molar-refractivity contribution < 1.29 is 9.84 Å². The van der Waals surface area contributed by atoms with Crippen LogP contribution in [0.15, 0.2) is 30.3 Å². The quantitative estimate of drug-likeness (QED) is 0.822. The van der Waals surface area contributed by atoms with Gasteiger partial charge in [0.1, 0.15) is 5.92 Å². The Morgan fingerprint density at radius 1 is 1.25 bits per heavy atom. The fraction of sp³-hybridized carbons (Fsp3) is 0.462. The number of aliphatic hydroxyl groups is 1. The van der Waals surface area contributed by atoms with Gasteiger partial charge in [-0.2, -0.15) is 5.26 Å². The lowest BCUT2D eigenvalue weighted by atomic mass is 9.78. The van der Waals surface area contributed by atoms with Crippen molar-refractivity contribution in [3.05, 3.63) is 35.9 Å². The Bertz CT molecular complexity index is 377. The molecule has 3 nitrogen and oxygen atoms in total. The van der Waals surface area contributed by atoms with Crippen molar-refractivity contribution in [1.29, 1.82) is 5.26 Å². The van der Waals surface area contributed by atoms with E-state index in [1.165, 1.54) is 0 Å². The molecular weight excluding hydrogens is 202 g/mol. The topological polar surface area (TPSA) is 53.2 Å². The molecule has 0 amide bonds. The van der Waals surface area contributed by atoms with Gasteiger partial charge in [0.2, 0.25) is 0 Å². The number of rotatable bonds is 2. The minimum Gasteiger partial charge on any atom is -0.388 e. The zero-order valence-corrected chi connectivity index (χ0v) is 9.10. The molecule has 2 rings (SSSR count). The van der Waals surface area contributed by atoms with Gasteiger partial charge in [-0.25, -0.2) is 0 Å². The minimum absolute atomic E-state index is 0.461. The first-order chi connectivity index (χ1) is 7.76. The Balaban J connectivity index is 2.26. The van der Waals surface area contributed by atoms with Gasteiger partial charge in [0.15, 0.2) is 0 Å². The Kier molecular flexibility index (Phi) is 3.23. The Labute approximate surface area is 95.3 Å². The lowest BCUT2D eigenvalue weighted by molar-refractivity contribution is -0.0702. The van der Waals surface area contributed by atoms with E-state index in [2.05, 4.69) is 6.07 Å². The molecule has 1 aromatic rings. The van der Waals surface area contributed by atoms with E-state index in [-0.39, 0.29) is 0 Å². The van der Waals surface area contributed by atoms with Gasteiger partial charge in [-0.05, 0) is 5.56 Å². The molecule has 16 heavy (non-hydrogen) atoms. The third-order valence-electron chi connectivity index (χ3n) is 3.16. The van der Waals surface area contributed by atoms with Crippen LogP contribution in [0.5, 0.6) is 0 Å². The molecule has 84 valence electrons. The van der Waals surface area contributed by atoms with E-state index in [0.29, 0.717) is 26.1 Å². The number of hydrogen-bond donors (Lipinski definition) is 1. The molecule has 3 heteroatoms. The number of hydrogen-bond acceptors (Lipinski definition) is 3. The highest BCUT2D eigenvalue weighted by molar-refractivity contribution is 5.29. The molecule has 0 radical (unpaired) electrons. The van der Waals surface area contributed by atoms with E-state index in [0.717, 1.165) is 5.56 Å². The zero-order valence-electron chi connectivity index (χ0n) is 9.10. The van der Waals surface area contributed by atoms with Crippen molar-refractivity contribution in [2.45, 2.75) is 24.4 Å². The van der Waals surface area contributed by atoms with Gasteiger partial charge in [0, 0.05) is 26.1 Å². The maximum Gasteiger partial charge on any atom is 0.100 e. The summed E-state index contributed by atoms with van der Waals surface area (Å²) in [4.78, 5) is 0. The van der Waals surface area contributed by atoms with Gasteiger partial charge >= 0.3 is 0 Å². The fourth-order valence-corrected chi connectivity index (χ4v) is 2.16. The first kappa shape index (κ1) is 11.1. The maximum absolute atomic E-state index is 10.5. The van der Waals surface area contributed by atoms with Gasteiger partial charge in [0.05, 0.1) is 11.7 Å². The Hall–Kier alpha value is -1.37. The summed E-state index contributed by atoms with van der Waals surface area (Å²) in [5, 5.41) is 19.7. The number of benzene rings is 1. The molecule has 0 unspecified atom stereocenters. The predicted octanol–water partition coefficient (Wildman–Crippen LogP) is 1.84. The van der Waals surface area contributed by atoms with Crippen molar-refractivity contribution >= 4 is 0 Å². The summed E-state index contributed by atoms with van der Waals surface area (Å²) >= 11 is 0. The normalized spacial score (nSPS) is 21.0. The molecule has 1 saturated heterocycles. The number of nitriles is 1. The van der Waals surface area contributed by atoms with Crippen LogP contribution in [0.2, 0.25) is 0 Å². The third kappa shape index (κ3) is 2.08. The van der Waals surface area contributed by atoms with E-state index in [1.807, 2.05) is 30.3 Å². The largest absolute Gasteiger partial charge is 0.388 e. The highest BCUT2D eigenvalue weighted by Gasteiger charge is 2.39. The average Bonchev–Trinajstić information content (AvgIpc) is 2.32. The van der Waals surface area contributed by atoms with Crippen LogP contribution in [0.4, 0.5) is 0 Å². The fourth-order valence-electron chi connectivity index (χ4n) is 2.16. The molecule has 0 bridgehead atoms. The molecule has 1 N–H and O–H groups in total. The molecule has 1 atom stereocenters. The third-order valence-corrected chi connectivity index (χ3v) is 3.16. The van der Waals surface area contributed by atoms with Crippen molar-refractivity contribution in [2.24, 2.45) is 0 Å². The van der Waals surface area contributed by atoms with E-state index < -0.39 is 11.5 Å². The number of nitrogens with zero attached hydrogens (tertiary/aromatic N) is 1. The first-order valence-corrected chi connectivity index (χ1v) is 5.51. The van der Waals surface area contributed by atoms with Gasteiger partial charge in [-0.1, -0.05) is 30.3 Å². The van der Waals surface area contributed by atoms with E-state index in [1.54, 1.807) is 0 Å². The lowest BCUT2D eigenvalue weighted by Gasteiger charge is -2.35. The first-order valence-electron chi connectivity index (χ1n) is 5.51. The van der Waals surface area contributed by atoms with Gasteiger partial charge in [0.25, 0.3) is 0 Å². The molecule has 0 spiro atoms. The molecule has 1 aliphatic heterocycles. The maximum atomic E-state index is 10.5. The Morgan fingerprint density at radius 3 is 2.44 bits per heavy atom. The van der Waals surface area contributed by atoms with E-state index in [9.17, 15) is 10.4 Å². The van der Waals surface area contributed by atoms with Crippen LogP contribution in [-0.2, 0) is 4.74 Å². The van der Waals surface area contributed by atoms with Gasteiger partial charge in [-0.3, -0.25) is 0 Å². The smallest absolute Gasteiger partial charge is 0.100 e. The highest BCUT2D eigenvalue weighted by atomic mass is 16.5. The Morgan fingerprint density at radius 2 is 1.88 bits per heavy atom. The van der Waals surface area contributed by atoms with Gasteiger partial charge < -0.3 is 9.84 Å². The summed E-state index contributed by atoms with van der Waals surface area (Å²) in [5.74, 6) is -0.461. The minimum atomic E-state index is -0.936. The second-order valence-corrected chi connectivity index (χ2v) is 4.19. The highest BCUT2D eigenvalue weighted by Crippen LogP contribution is 2.35. The van der Waals surface area contributed by atoms with Crippen molar-refractivity contribution in [3.8, 4) is 6.07 Å². The van der Waals surface area contributed by atoms with E-state index in [4.69, 9.17) is 4.74 Å². The van der Waals surface area contributed by atoms with Crippen LogP contribution in [-0.4, -0.2) is 23.9 Å². The molecule has 0 aliphatic carbocycles. The summed E-state index contributed by atoms with van der Waals surface area (Å²) in [6.45, 7) is 1.06. The SMILES string of the molecule is N#C[C@@H](c1ccccc1)C1(O)CCOCC1. The van der Waals surface area contributed by atoms with Gasteiger partial charge in [-0.15, -0.1) is 0 Å². The standard InChI is InChI=1S/C13H15NO2/c14-10-12(11-4-2-1-3-5-11)13(15)6-8-16-9-7-13/h1-5,12,15H,6-9H2/t12-/m0/s1.